The fourth-order valence-electron chi connectivity index (χ4n) is 3.74. The lowest BCUT2D eigenvalue weighted by molar-refractivity contribution is -0.291. The zero-order chi connectivity index (χ0) is 29.4. The van der Waals surface area contributed by atoms with Crippen LogP contribution >= 0.6 is 11.6 Å². The first-order valence-electron chi connectivity index (χ1n) is 11.4. The van der Waals surface area contributed by atoms with Gasteiger partial charge in [-0.25, -0.2) is 9.67 Å². The molecule has 10 nitrogen and oxygen atoms in total. The Morgan fingerprint density at radius 2 is 1.75 bits per heavy atom. The molecule has 0 fully saturated rings. The van der Waals surface area contributed by atoms with E-state index in [2.05, 4.69) is 30.9 Å². The molecular formula is C24H20ClF5N8O2. The van der Waals surface area contributed by atoms with Gasteiger partial charge in [-0.15, -0.1) is 0 Å². The topological polar surface area (TPSA) is 120 Å². The number of halogens is 6. The molecule has 0 saturated heterocycles. The van der Waals surface area contributed by atoms with Crippen molar-refractivity contribution in [1.82, 2.24) is 35.1 Å². The lowest BCUT2D eigenvalue weighted by Crippen LogP contribution is -2.34. The van der Waals surface area contributed by atoms with E-state index in [9.17, 15) is 31.5 Å². The minimum atomic E-state index is -5.86. The maximum Gasteiger partial charge on any atom is 0.459 e. The highest BCUT2D eigenvalue weighted by Crippen LogP contribution is 2.42. The molecular weight excluding hydrogens is 563 g/mol. The second-order valence-electron chi connectivity index (χ2n) is 8.59. The van der Waals surface area contributed by atoms with Gasteiger partial charge in [0.2, 0.25) is 0 Å². The highest BCUT2D eigenvalue weighted by Gasteiger charge is 2.60. The normalized spacial score (nSPS) is 11.9. The highest BCUT2D eigenvalue weighted by atomic mass is 35.5. The number of alkyl halides is 5. The summed E-state index contributed by atoms with van der Waals surface area (Å²) in [5.41, 5.74) is -0.247. The van der Waals surface area contributed by atoms with Gasteiger partial charge in [0.1, 0.15) is 12.2 Å². The quantitative estimate of drug-likeness (QED) is 0.311. The third kappa shape index (κ3) is 5.50. The average molecular weight is 583 g/mol. The molecule has 0 spiro atoms. The summed E-state index contributed by atoms with van der Waals surface area (Å²) in [6.45, 7) is 2.90. The van der Waals surface area contributed by atoms with Gasteiger partial charge in [-0.3, -0.25) is 9.59 Å². The first kappa shape index (κ1) is 28.6. The molecule has 0 bridgehead atoms. The number of benzene rings is 1. The van der Waals surface area contributed by atoms with Crippen molar-refractivity contribution >= 4 is 29.1 Å². The summed E-state index contributed by atoms with van der Waals surface area (Å²) in [6, 6.07) is 7.57. The van der Waals surface area contributed by atoms with E-state index in [0.717, 1.165) is 0 Å². The lowest BCUT2D eigenvalue weighted by atomic mass is 10.1. The molecule has 210 valence electrons. The number of hydrogen-bond donors (Lipinski definition) is 2. The average Bonchev–Trinajstić information content (AvgIpc) is 3.52. The molecule has 4 rings (SSSR count). The molecule has 0 unspecified atom stereocenters. The van der Waals surface area contributed by atoms with Crippen LogP contribution in [0.25, 0.3) is 5.82 Å². The largest absolute Gasteiger partial charge is 0.459 e. The van der Waals surface area contributed by atoms with Crippen LogP contribution < -0.4 is 10.6 Å². The van der Waals surface area contributed by atoms with Crippen LogP contribution in [-0.4, -0.2) is 54.8 Å². The van der Waals surface area contributed by atoms with Gasteiger partial charge in [0.25, 0.3) is 11.8 Å². The highest BCUT2D eigenvalue weighted by molar-refractivity contribution is 6.31. The summed E-state index contributed by atoms with van der Waals surface area (Å²) < 4.78 is 66.7. The SMILES string of the molecule is CNC(=O)c1cc(Cl)cc(C)c1NC(=O)c1cc(Cn2ncc(C(F)(F)C(F)(F)F)n2)nn1-c1ncccc1C. The summed E-state index contributed by atoms with van der Waals surface area (Å²) in [6.07, 6.45) is -4.09. The van der Waals surface area contributed by atoms with Gasteiger partial charge in [-0.1, -0.05) is 17.7 Å². The maximum atomic E-state index is 13.7. The maximum absolute atomic E-state index is 13.7. The van der Waals surface area contributed by atoms with Gasteiger partial charge in [0.15, 0.2) is 11.5 Å². The van der Waals surface area contributed by atoms with Gasteiger partial charge in [-0.05, 0) is 49.2 Å². The van der Waals surface area contributed by atoms with Crippen molar-refractivity contribution in [3.05, 3.63) is 81.5 Å². The lowest BCUT2D eigenvalue weighted by Gasteiger charge is -2.16. The number of nitrogens with one attached hydrogen (secondary N) is 2. The van der Waals surface area contributed by atoms with Gasteiger partial charge < -0.3 is 10.6 Å². The van der Waals surface area contributed by atoms with E-state index in [-0.39, 0.29) is 33.5 Å². The number of carbonyl (C=O) groups is 2. The van der Waals surface area contributed by atoms with Crippen molar-refractivity contribution in [3.63, 3.8) is 0 Å². The molecule has 2 amide bonds. The van der Waals surface area contributed by atoms with E-state index in [0.29, 0.717) is 22.1 Å². The van der Waals surface area contributed by atoms with Crippen molar-refractivity contribution in [2.45, 2.75) is 32.5 Å². The van der Waals surface area contributed by atoms with Gasteiger partial charge in [0.05, 0.1) is 23.1 Å². The minimum absolute atomic E-state index is 0.0482. The molecule has 3 heterocycles. The Kier molecular flexibility index (Phi) is 7.61. The van der Waals surface area contributed by atoms with Gasteiger partial charge >= 0.3 is 12.1 Å². The summed E-state index contributed by atoms with van der Waals surface area (Å²) in [5.74, 6) is -6.19. The molecule has 40 heavy (non-hydrogen) atoms. The number of carbonyl (C=O) groups excluding carboxylic acids is 2. The fraction of sp³-hybridized carbons (Fsp3) is 0.250. The third-order valence-corrected chi connectivity index (χ3v) is 5.92. The Hall–Kier alpha value is -4.40. The monoisotopic (exact) mass is 582 g/mol. The van der Waals surface area contributed by atoms with E-state index in [4.69, 9.17) is 11.6 Å². The molecule has 1 aromatic carbocycles. The molecule has 4 aromatic rings. The number of aryl methyl sites for hydroxylation is 2. The van der Waals surface area contributed by atoms with Crippen LogP contribution in [0.4, 0.5) is 27.6 Å². The Morgan fingerprint density at radius 1 is 1.02 bits per heavy atom. The number of aromatic nitrogens is 6. The van der Waals surface area contributed by atoms with Crippen LogP contribution in [0, 0.1) is 13.8 Å². The van der Waals surface area contributed by atoms with Crippen molar-refractivity contribution in [3.8, 4) is 5.82 Å². The fourth-order valence-corrected chi connectivity index (χ4v) is 4.01. The first-order valence-corrected chi connectivity index (χ1v) is 11.8. The van der Waals surface area contributed by atoms with Crippen LogP contribution in [0.1, 0.15) is 43.4 Å². The zero-order valence-corrected chi connectivity index (χ0v) is 21.8. The van der Waals surface area contributed by atoms with Gasteiger partial charge in [0, 0.05) is 18.3 Å². The van der Waals surface area contributed by atoms with Crippen molar-refractivity contribution in [1.29, 1.82) is 0 Å². The molecule has 0 radical (unpaired) electrons. The predicted octanol–water partition coefficient (Wildman–Crippen LogP) is 4.44. The number of amides is 2. The number of rotatable bonds is 7. The minimum Gasteiger partial charge on any atom is -0.355 e. The molecule has 3 aromatic heterocycles. The smallest absolute Gasteiger partial charge is 0.355 e. The first-order chi connectivity index (χ1) is 18.7. The molecule has 16 heteroatoms. The number of nitrogens with zero attached hydrogens (tertiary/aromatic N) is 6. The Balaban J connectivity index is 1.74. The van der Waals surface area contributed by atoms with Gasteiger partial charge in [-0.2, -0.15) is 42.0 Å². The second kappa shape index (κ2) is 10.6. The van der Waals surface area contributed by atoms with Crippen LogP contribution in [0.2, 0.25) is 5.02 Å². The number of pyridine rings is 1. The van der Waals surface area contributed by atoms with Crippen molar-refractivity contribution in [2.75, 3.05) is 12.4 Å². The Bertz CT molecular complexity index is 1600. The van der Waals surface area contributed by atoms with E-state index in [1.807, 2.05) is 0 Å². The van der Waals surface area contributed by atoms with E-state index in [1.165, 1.54) is 30.1 Å². The number of anilines is 1. The van der Waals surface area contributed by atoms with Crippen LogP contribution in [0.5, 0.6) is 0 Å². The number of hydrogen-bond acceptors (Lipinski definition) is 6. The molecule has 0 aliphatic heterocycles. The van der Waals surface area contributed by atoms with E-state index < -0.39 is 36.2 Å². The zero-order valence-electron chi connectivity index (χ0n) is 21.0. The predicted molar refractivity (Wildman–Crippen MR) is 133 cm³/mol. The standard InChI is InChI=1S/C24H20ClF5N8O2/c1-12-5-4-6-32-20(12)38-17(22(40)34-19-13(2)7-14(25)8-16(19)21(39)31-3)9-15(35-38)11-37-33-10-18(36-37)23(26,27)24(28,29)30/h4-10H,11H2,1-3H3,(H,31,39)(H,34,40). The van der Waals surface area contributed by atoms with E-state index >= 15 is 0 Å². The Morgan fingerprint density at radius 3 is 2.40 bits per heavy atom. The molecule has 0 saturated carbocycles. The van der Waals surface area contributed by atoms with E-state index in [1.54, 1.807) is 32.0 Å². The molecule has 2 N–H and O–H groups in total. The van der Waals surface area contributed by atoms with Crippen LogP contribution in [0.15, 0.2) is 42.7 Å². The summed E-state index contributed by atoms with van der Waals surface area (Å²) in [4.78, 5) is 30.8. The van der Waals surface area contributed by atoms with Crippen LogP contribution in [-0.2, 0) is 12.5 Å². The second-order valence-corrected chi connectivity index (χ2v) is 9.02. The third-order valence-electron chi connectivity index (χ3n) is 5.70. The van der Waals surface area contributed by atoms with Crippen molar-refractivity contribution < 1.29 is 31.5 Å². The molecule has 0 atom stereocenters. The summed E-state index contributed by atoms with van der Waals surface area (Å²) in [7, 11) is 1.41. The summed E-state index contributed by atoms with van der Waals surface area (Å²) >= 11 is 6.10. The molecule has 0 aliphatic carbocycles. The summed E-state index contributed by atoms with van der Waals surface area (Å²) in [5, 5.41) is 16.5. The Labute approximate surface area is 228 Å². The van der Waals surface area contributed by atoms with Crippen molar-refractivity contribution in [2.24, 2.45) is 0 Å². The molecule has 0 aliphatic rings. The van der Waals surface area contributed by atoms with Crippen LogP contribution in [0.3, 0.4) is 0 Å².